The van der Waals surface area contributed by atoms with Crippen LogP contribution in [0.5, 0.6) is 0 Å². The van der Waals surface area contributed by atoms with Crippen LogP contribution in [-0.4, -0.2) is 52.0 Å². The summed E-state index contributed by atoms with van der Waals surface area (Å²) in [4.78, 5) is 58.2. The minimum atomic E-state index is -1.48. The van der Waals surface area contributed by atoms with E-state index in [0.717, 1.165) is 24.0 Å². The van der Waals surface area contributed by atoms with Crippen molar-refractivity contribution < 1.29 is 34.2 Å². The number of hydrogen-bond acceptors (Lipinski definition) is 5. The minimum Gasteiger partial charge on any atom is -0.481 e. The number of amides is 3. The maximum Gasteiger partial charge on any atom is 0.305 e. The number of benzene rings is 1. The first-order chi connectivity index (χ1) is 16.2. The van der Waals surface area contributed by atoms with Crippen molar-refractivity contribution >= 4 is 35.2 Å². The molecule has 0 aliphatic heterocycles. The quantitative estimate of drug-likeness (QED) is 0.288. The van der Waals surface area contributed by atoms with Crippen LogP contribution in [0.25, 0.3) is 5.57 Å². The van der Waals surface area contributed by atoms with Gasteiger partial charge in [-0.1, -0.05) is 48.1 Å². The fourth-order valence-corrected chi connectivity index (χ4v) is 3.53. The van der Waals surface area contributed by atoms with Gasteiger partial charge in [-0.15, -0.1) is 0 Å². The molecular formula is C24H29N3O7. The largest absolute Gasteiger partial charge is 0.481 e. The number of allylic oxidation sites excluding steroid dienone is 4. The number of aliphatic carboxylic acids is 2. The third-order valence-electron chi connectivity index (χ3n) is 5.39. The Morgan fingerprint density at radius 3 is 2.15 bits per heavy atom. The lowest BCUT2D eigenvalue weighted by Gasteiger charge is -2.21. The van der Waals surface area contributed by atoms with E-state index in [2.05, 4.69) is 10.6 Å². The normalized spacial score (nSPS) is 14.7. The van der Waals surface area contributed by atoms with E-state index in [9.17, 15) is 24.0 Å². The van der Waals surface area contributed by atoms with E-state index in [1.165, 1.54) is 5.57 Å². The van der Waals surface area contributed by atoms with Gasteiger partial charge in [-0.2, -0.15) is 0 Å². The molecule has 10 nitrogen and oxygen atoms in total. The molecule has 1 aliphatic rings. The topological polar surface area (TPSA) is 176 Å². The average molecular weight is 472 g/mol. The summed E-state index contributed by atoms with van der Waals surface area (Å²) < 4.78 is 0. The molecule has 1 aromatic rings. The lowest BCUT2D eigenvalue weighted by atomic mass is 9.91. The van der Waals surface area contributed by atoms with Crippen LogP contribution >= 0.6 is 0 Å². The van der Waals surface area contributed by atoms with Crippen LogP contribution < -0.4 is 16.4 Å². The molecule has 0 heterocycles. The third-order valence-corrected chi connectivity index (χ3v) is 5.39. The van der Waals surface area contributed by atoms with Crippen molar-refractivity contribution in [3.63, 3.8) is 0 Å². The fourth-order valence-electron chi connectivity index (χ4n) is 3.53. The van der Waals surface area contributed by atoms with Crippen molar-refractivity contribution in [1.82, 2.24) is 10.6 Å². The Balaban J connectivity index is 1.95. The summed E-state index contributed by atoms with van der Waals surface area (Å²) in [5.41, 5.74) is 8.57. The predicted octanol–water partition coefficient (Wildman–Crippen LogP) is 1.36. The van der Waals surface area contributed by atoms with Crippen LogP contribution in [0, 0.1) is 0 Å². The van der Waals surface area contributed by atoms with E-state index in [-0.39, 0.29) is 12.8 Å². The molecule has 3 amide bonds. The second-order valence-corrected chi connectivity index (χ2v) is 8.00. The Kier molecular flexibility index (Phi) is 10.0. The number of nitrogens with one attached hydrogen (secondary N) is 2. The van der Waals surface area contributed by atoms with Crippen LogP contribution in [0.4, 0.5) is 0 Å². The van der Waals surface area contributed by atoms with Crippen molar-refractivity contribution in [2.24, 2.45) is 5.73 Å². The van der Waals surface area contributed by atoms with Gasteiger partial charge < -0.3 is 26.6 Å². The highest BCUT2D eigenvalue weighted by Gasteiger charge is 2.27. The third kappa shape index (κ3) is 8.89. The molecule has 182 valence electrons. The standard InChI is InChI=1S/C24H29N3O7/c25-23(33)19(14-22(31)32)27-24(34)18(11-13-21(29)30)26-20(28)12-8-15-6-9-17(10-7-15)16-4-2-1-3-5-16/h1-6,9,18-19H,7-8,10-14H2,(H2,25,33)(H,26,28)(H,27,34)(H,29,30)(H,31,32)/t18-,19-/m0/s1. The van der Waals surface area contributed by atoms with Gasteiger partial charge in [0.05, 0.1) is 6.42 Å². The first kappa shape index (κ1) is 26.3. The first-order valence-corrected chi connectivity index (χ1v) is 10.9. The van der Waals surface area contributed by atoms with E-state index in [0.29, 0.717) is 6.42 Å². The number of nitrogens with two attached hydrogens (primary N) is 1. The molecule has 0 radical (unpaired) electrons. The number of rotatable bonds is 13. The molecule has 0 saturated carbocycles. The maximum atomic E-state index is 12.5. The van der Waals surface area contributed by atoms with Crippen LogP contribution in [0.1, 0.15) is 50.5 Å². The summed E-state index contributed by atoms with van der Waals surface area (Å²) in [6.07, 6.45) is 4.86. The smallest absolute Gasteiger partial charge is 0.305 e. The van der Waals surface area contributed by atoms with Gasteiger partial charge in [0.15, 0.2) is 0 Å². The molecule has 10 heteroatoms. The zero-order valence-electron chi connectivity index (χ0n) is 18.7. The summed E-state index contributed by atoms with van der Waals surface area (Å²) in [6.45, 7) is 0. The molecule has 2 rings (SSSR count). The van der Waals surface area contributed by atoms with Gasteiger partial charge in [0.2, 0.25) is 17.7 Å². The highest BCUT2D eigenvalue weighted by atomic mass is 16.4. The molecule has 1 aromatic carbocycles. The number of carbonyl (C=O) groups is 5. The van der Waals surface area contributed by atoms with Gasteiger partial charge in [0.1, 0.15) is 12.1 Å². The molecule has 34 heavy (non-hydrogen) atoms. The van der Waals surface area contributed by atoms with Crippen molar-refractivity contribution in [2.75, 3.05) is 0 Å². The second kappa shape index (κ2) is 12.9. The monoisotopic (exact) mass is 471 g/mol. The average Bonchev–Trinajstić information content (AvgIpc) is 2.80. The van der Waals surface area contributed by atoms with Crippen molar-refractivity contribution in [1.29, 1.82) is 0 Å². The number of hydrogen-bond donors (Lipinski definition) is 5. The zero-order chi connectivity index (χ0) is 25.1. The number of carbonyl (C=O) groups excluding carboxylic acids is 3. The van der Waals surface area contributed by atoms with Crippen LogP contribution in [0.2, 0.25) is 0 Å². The molecule has 0 saturated heterocycles. The van der Waals surface area contributed by atoms with E-state index in [1.807, 2.05) is 42.5 Å². The molecule has 2 atom stereocenters. The molecule has 0 fully saturated rings. The Morgan fingerprint density at radius 1 is 0.882 bits per heavy atom. The van der Waals surface area contributed by atoms with E-state index in [1.54, 1.807) is 0 Å². The molecule has 0 unspecified atom stereocenters. The van der Waals surface area contributed by atoms with Gasteiger partial charge in [-0.05, 0) is 36.8 Å². The summed E-state index contributed by atoms with van der Waals surface area (Å²) in [6, 6.07) is 7.26. The number of carboxylic acid groups (broad SMARTS) is 2. The lowest BCUT2D eigenvalue weighted by molar-refractivity contribution is -0.140. The Labute approximate surface area is 196 Å². The minimum absolute atomic E-state index is 0.0889. The van der Waals surface area contributed by atoms with Gasteiger partial charge in [-0.3, -0.25) is 24.0 Å². The summed E-state index contributed by atoms with van der Waals surface area (Å²) in [5, 5.41) is 22.5. The Bertz CT molecular complexity index is 986. The Hall–Kier alpha value is -3.95. The van der Waals surface area contributed by atoms with Crippen LogP contribution in [-0.2, 0) is 24.0 Å². The van der Waals surface area contributed by atoms with Gasteiger partial charge in [0, 0.05) is 12.8 Å². The highest BCUT2D eigenvalue weighted by Crippen LogP contribution is 2.28. The summed E-state index contributed by atoms with van der Waals surface area (Å²) in [7, 11) is 0. The van der Waals surface area contributed by atoms with Gasteiger partial charge in [-0.25, -0.2) is 0 Å². The van der Waals surface area contributed by atoms with Crippen LogP contribution in [0.15, 0.2) is 48.1 Å². The van der Waals surface area contributed by atoms with Crippen LogP contribution in [0.3, 0.4) is 0 Å². The van der Waals surface area contributed by atoms with Crippen molar-refractivity contribution in [2.45, 2.75) is 57.0 Å². The first-order valence-electron chi connectivity index (χ1n) is 10.9. The van der Waals surface area contributed by atoms with Crippen molar-refractivity contribution in [3.05, 3.63) is 53.6 Å². The van der Waals surface area contributed by atoms with E-state index < -0.39 is 54.6 Å². The van der Waals surface area contributed by atoms with Gasteiger partial charge >= 0.3 is 11.9 Å². The SMILES string of the molecule is NC(=O)[C@H](CC(=O)O)NC(=O)[C@H](CCC(=O)O)NC(=O)CCC1=CC=C(c2ccccc2)CC1. The molecule has 0 aromatic heterocycles. The second-order valence-electron chi connectivity index (χ2n) is 8.00. The molecule has 6 N–H and O–H groups in total. The molecule has 1 aliphatic carbocycles. The number of carboxylic acids is 2. The fraction of sp³-hybridized carbons (Fsp3) is 0.375. The highest BCUT2D eigenvalue weighted by molar-refractivity contribution is 5.93. The molecule has 0 bridgehead atoms. The maximum absolute atomic E-state index is 12.5. The summed E-state index contributed by atoms with van der Waals surface area (Å²) in [5.74, 6) is -4.89. The van der Waals surface area contributed by atoms with Gasteiger partial charge in [0.25, 0.3) is 0 Å². The summed E-state index contributed by atoms with van der Waals surface area (Å²) >= 11 is 0. The molecule has 0 spiro atoms. The van der Waals surface area contributed by atoms with E-state index in [4.69, 9.17) is 15.9 Å². The molecular weight excluding hydrogens is 442 g/mol. The Morgan fingerprint density at radius 2 is 1.59 bits per heavy atom. The van der Waals surface area contributed by atoms with Crippen molar-refractivity contribution in [3.8, 4) is 0 Å². The van der Waals surface area contributed by atoms with E-state index >= 15 is 0 Å². The predicted molar refractivity (Wildman–Crippen MR) is 123 cm³/mol. The zero-order valence-corrected chi connectivity index (χ0v) is 18.7. The number of primary amides is 1. The lowest BCUT2D eigenvalue weighted by Crippen LogP contribution is -2.53.